The molecule has 0 spiro atoms. The van der Waals surface area contributed by atoms with E-state index in [1.807, 2.05) is 0 Å². The first-order valence-corrected chi connectivity index (χ1v) is 8.57. The van der Waals surface area contributed by atoms with Crippen molar-refractivity contribution < 1.29 is 4.74 Å². The minimum Gasteiger partial charge on any atom is -0.494 e. The first kappa shape index (κ1) is 16.4. The molecular weight excluding hydrogens is 258 g/mol. The Morgan fingerprint density at radius 2 is 1.95 bits per heavy atom. The summed E-state index contributed by atoms with van der Waals surface area (Å²) in [5, 5.41) is 3.61. The van der Waals surface area contributed by atoms with Gasteiger partial charge in [-0.25, -0.2) is 0 Å². The van der Waals surface area contributed by atoms with Gasteiger partial charge in [-0.2, -0.15) is 0 Å². The van der Waals surface area contributed by atoms with Gasteiger partial charge < -0.3 is 10.1 Å². The summed E-state index contributed by atoms with van der Waals surface area (Å²) in [4.78, 5) is 0. The molecule has 1 fully saturated rings. The molecule has 2 unspecified atom stereocenters. The fourth-order valence-corrected chi connectivity index (χ4v) is 3.04. The fourth-order valence-electron chi connectivity index (χ4n) is 3.04. The molecule has 0 heterocycles. The predicted octanol–water partition coefficient (Wildman–Crippen LogP) is 4.64. The maximum atomic E-state index is 5.75. The van der Waals surface area contributed by atoms with Crippen LogP contribution in [0.2, 0.25) is 0 Å². The summed E-state index contributed by atoms with van der Waals surface area (Å²) in [5.41, 5.74) is 1.34. The maximum absolute atomic E-state index is 5.75. The van der Waals surface area contributed by atoms with Crippen LogP contribution in [-0.4, -0.2) is 13.2 Å². The fraction of sp³-hybridized carbons (Fsp3) is 0.684. The minimum absolute atomic E-state index is 0.700. The third kappa shape index (κ3) is 5.70. The molecule has 1 aromatic rings. The molecular formula is C19H31NO. The maximum Gasteiger partial charge on any atom is 0.119 e. The molecule has 2 nitrogen and oxygen atoms in total. The van der Waals surface area contributed by atoms with Crippen molar-refractivity contribution in [1.29, 1.82) is 0 Å². The van der Waals surface area contributed by atoms with E-state index in [-0.39, 0.29) is 0 Å². The van der Waals surface area contributed by atoms with E-state index in [1.54, 1.807) is 0 Å². The van der Waals surface area contributed by atoms with Crippen molar-refractivity contribution in [3.05, 3.63) is 29.8 Å². The molecule has 0 amide bonds. The molecule has 2 atom stereocenters. The molecule has 1 aliphatic rings. The second-order valence-corrected chi connectivity index (χ2v) is 6.97. The highest BCUT2D eigenvalue weighted by Crippen LogP contribution is 2.30. The van der Waals surface area contributed by atoms with E-state index in [2.05, 4.69) is 50.4 Å². The van der Waals surface area contributed by atoms with Crippen LogP contribution in [0.25, 0.3) is 0 Å². The lowest BCUT2D eigenvalue weighted by Gasteiger charge is -2.16. The van der Waals surface area contributed by atoms with E-state index in [0.717, 1.165) is 43.7 Å². The summed E-state index contributed by atoms with van der Waals surface area (Å²) in [6.07, 6.45) is 5.34. The van der Waals surface area contributed by atoms with Crippen molar-refractivity contribution in [2.24, 2.45) is 17.8 Å². The van der Waals surface area contributed by atoms with Crippen LogP contribution in [0.4, 0.5) is 0 Å². The molecule has 118 valence electrons. The molecule has 1 saturated carbocycles. The van der Waals surface area contributed by atoms with Gasteiger partial charge in [-0.05, 0) is 54.8 Å². The molecule has 1 aromatic carbocycles. The first-order valence-electron chi connectivity index (χ1n) is 8.57. The predicted molar refractivity (Wildman–Crippen MR) is 89.6 cm³/mol. The SMILES string of the molecule is CC(C)CCOc1ccc(CNCC2CCCC2C)cc1. The topological polar surface area (TPSA) is 21.3 Å². The normalized spacial score (nSPS) is 21.9. The molecule has 2 heteroatoms. The van der Waals surface area contributed by atoms with Crippen LogP contribution in [0.1, 0.15) is 52.0 Å². The Labute approximate surface area is 130 Å². The molecule has 0 saturated heterocycles. The van der Waals surface area contributed by atoms with Crippen molar-refractivity contribution in [1.82, 2.24) is 5.32 Å². The van der Waals surface area contributed by atoms with Gasteiger partial charge in [-0.3, -0.25) is 0 Å². The zero-order valence-corrected chi connectivity index (χ0v) is 13.9. The van der Waals surface area contributed by atoms with Crippen LogP contribution in [0.5, 0.6) is 5.75 Å². The Kier molecular flexibility index (Phi) is 6.56. The number of rotatable bonds is 8. The van der Waals surface area contributed by atoms with Gasteiger partial charge >= 0.3 is 0 Å². The van der Waals surface area contributed by atoms with Gasteiger partial charge in [0.05, 0.1) is 6.61 Å². The van der Waals surface area contributed by atoms with Gasteiger partial charge in [-0.15, -0.1) is 0 Å². The lowest BCUT2D eigenvalue weighted by atomic mass is 9.98. The highest BCUT2D eigenvalue weighted by Gasteiger charge is 2.22. The third-order valence-electron chi connectivity index (χ3n) is 4.66. The number of benzene rings is 1. The summed E-state index contributed by atoms with van der Waals surface area (Å²) >= 11 is 0. The van der Waals surface area contributed by atoms with Gasteiger partial charge in [0, 0.05) is 6.54 Å². The van der Waals surface area contributed by atoms with Crippen molar-refractivity contribution in [3.63, 3.8) is 0 Å². The Morgan fingerprint density at radius 3 is 2.57 bits per heavy atom. The molecule has 21 heavy (non-hydrogen) atoms. The van der Waals surface area contributed by atoms with Crippen molar-refractivity contribution in [3.8, 4) is 5.75 Å². The van der Waals surface area contributed by atoms with Crippen LogP contribution in [-0.2, 0) is 6.54 Å². The smallest absolute Gasteiger partial charge is 0.119 e. The quantitative estimate of drug-likeness (QED) is 0.753. The highest BCUT2D eigenvalue weighted by atomic mass is 16.5. The van der Waals surface area contributed by atoms with Gasteiger partial charge in [0.25, 0.3) is 0 Å². The molecule has 2 rings (SSSR count). The summed E-state index contributed by atoms with van der Waals surface area (Å²) in [6.45, 7) is 9.79. The van der Waals surface area contributed by atoms with Gasteiger partial charge in [-0.1, -0.05) is 45.7 Å². The highest BCUT2D eigenvalue weighted by molar-refractivity contribution is 5.27. The Morgan fingerprint density at radius 1 is 1.19 bits per heavy atom. The van der Waals surface area contributed by atoms with Crippen LogP contribution in [0.15, 0.2) is 24.3 Å². The molecule has 0 radical (unpaired) electrons. The van der Waals surface area contributed by atoms with Gasteiger partial charge in [0.1, 0.15) is 5.75 Å². The molecule has 1 N–H and O–H groups in total. The van der Waals surface area contributed by atoms with Gasteiger partial charge in [0.15, 0.2) is 0 Å². The molecule has 1 aliphatic carbocycles. The van der Waals surface area contributed by atoms with Crippen LogP contribution >= 0.6 is 0 Å². The zero-order valence-electron chi connectivity index (χ0n) is 13.9. The molecule has 0 aromatic heterocycles. The van der Waals surface area contributed by atoms with E-state index < -0.39 is 0 Å². The standard InChI is InChI=1S/C19H31NO/c1-15(2)11-12-21-19-9-7-17(8-10-19)13-20-14-18-6-4-5-16(18)3/h7-10,15-16,18,20H,4-6,11-14H2,1-3H3. The minimum atomic E-state index is 0.700. The number of hydrogen-bond donors (Lipinski definition) is 1. The van der Waals surface area contributed by atoms with E-state index in [9.17, 15) is 0 Å². The second kappa shape index (κ2) is 8.43. The number of ether oxygens (including phenoxy) is 1. The number of nitrogens with one attached hydrogen (secondary N) is 1. The largest absolute Gasteiger partial charge is 0.494 e. The van der Waals surface area contributed by atoms with Gasteiger partial charge in [0.2, 0.25) is 0 Å². The summed E-state index contributed by atoms with van der Waals surface area (Å²) in [7, 11) is 0. The summed E-state index contributed by atoms with van der Waals surface area (Å²) < 4.78 is 5.75. The van der Waals surface area contributed by atoms with Crippen molar-refractivity contribution in [2.75, 3.05) is 13.2 Å². The van der Waals surface area contributed by atoms with E-state index in [0.29, 0.717) is 5.92 Å². The lowest BCUT2D eigenvalue weighted by molar-refractivity contribution is 0.289. The Hall–Kier alpha value is -1.02. The van der Waals surface area contributed by atoms with Crippen LogP contribution in [0.3, 0.4) is 0 Å². The van der Waals surface area contributed by atoms with E-state index in [1.165, 1.54) is 24.8 Å². The Bertz CT molecular complexity index is 399. The zero-order chi connectivity index (χ0) is 15.1. The van der Waals surface area contributed by atoms with Crippen LogP contribution in [0, 0.1) is 17.8 Å². The lowest BCUT2D eigenvalue weighted by Crippen LogP contribution is -2.23. The monoisotopic (exact) mass is 289 g/mol. The second-order valence-electron chi connectivity index (χ2n) is 6.97. The average molecular weight is 289 g/mol. The average Bonchev–Trinajstić information content (AvgIpc) is 2.86. The van der Waals surface area contributed by atoms with Crippen molar-refractivity contribution >= 4 is 0 Å². The van der Waals surface area contributed by atoms with E-state index >= 15 is 0 Å². The van der Waals surface area contributed by atoms with Crippen LogP contribution < -0.4 is 10.1 Å². The number of hydrogen-bond acceptors (Lipinski definition) is 2. The third-order valence-corrected chi connectivity index (χ3v) is 4.66. The Balaban J connectivity index is 1.67. The van der Waals surface area contributed by atoms with E-state index in [4.69, 9.17) is 4.74 Å². The molecule has 0 bridgehead atoms. The summed E-state index contributed by atoms with van der Waals surface area (Å²) in [6, 6.07) is 8.54. The van der Waals surface area contributed by atoms with Crippen molar-refractivity contribution in [2.45, 2.75) is 53.0 Å². The summed E-state index contributed by atoms with van der Waals surface area (Å²) in [5.74, 6) is 3.47. The molecule has 0 aliphatic heterocycles. The first-order chi connectivity index (χ1) is 10.1.